The lowest BCUT2D eigenvalue weighted by Gasteiger charge is -2.53. The number of phenolic OH excluding ortho intramolecular Hbond substituents is 1. The molecule has 36 heavy (non-hydrogen) atoms. The summed E-state index contributed by atoms with van der Waals surface area (Å²) in [6.07, 6.45) is 1.18. The molecule has 2 amide bonds. The number of nitrogens with one attached hydrogen (secondary N) is 2. The van der Waals surface area contributed by atoms with Crippen molar-refractivity contribution in [1.82, 2.24) is 20.1 Å². The Morgan fingerprint density at radius 2 is 2.03 bits per heavy atom. The van der Waals surface area contributed by atoms with E-state index in [2.05, 4.69) is 24.1 Å². The van der Waals surface area contributed by atoms with Crippen LogP contribution in [0.1, 0.15) is 50.1 Å². The fraction of sp³-hybridized carbons (Fsp3) is 0.429. The lowest BCUT2D eigenvalue weighted by molar-refractivity contribution is -0.167. The van der Waals surface area contributed by atoms with Gasteiger partial charge in [-0.15, -0.1) is 0 Å². The molecule has 5 rings (SSSR count). The Morgan fingerprint density at radius 3 is 2.75 bits per heavy atom. The van der Waals surface area contributed by atoms with E-state index in [0.717, 1.165) is 46.4 Å². The zero-order chi connectivity index (χ0) is 25.6. The number of carbonyl (C=O) groups is 2. The first-order valence-electron chi connectivity index (χ1n) is 12.6. The van der Waals surface area contributed by atoms with E-state index in [0.29, 0.717) is 19.0 Å². The Bertz CT molecular complexity index is 1320. The molecule has 2 aliphatic rings. The van der Waals surface area contributed by atoms with Crippen LogP contribution in [-0.4, -0.2) is 70.0 Å². The van der Waals surface area contributed by atoms with Crippen LogP contribution in [0, 0.1) is 0 Å². The lowest BCUT2D eigenvalue weighted by Crippen LogP contribution is -2.69. The molecule has 0 saturated carbocycles. The van der Waals surface area contributed by atoms with Crippen LogP contribution in [0.4, 0.5) is 0 Å². The second-order valence-electron chi connectivity index (χ2n) is 10.3. The molecular weight excluding hydrogens is 456 g/mol. The summed E-state index contributed by atoms with van der Waals surface area (Å²) < 4.78 is 5.48. The number of aromatic amines is 1. The summed E-state index contributed by atoms with van der Waals surface area (Å²) in [6.45, 7) is 7.42. The molecule has 3 heterocycles. The third kappa shape index (κ3) is 3.99. The van der Waals surface area contributed by atoms with E-state index in [-0.39, 0.29) is 24.1 Å². The number of ether oxygens (including phenoxy) is 1. The smallest absolute Gasteiger partial charge is 0.249 e. The van der Waals surface area contributed by atoms with E-state index >= 15 is 0 Å². The van der Waals surface area contributed by atoms with Crippen molar-refractivity contribution in [2.24, 2.45) is 0 Å². The summed E-state index contributed by atoms with van der Waals surface area (Å²) in [5.74, 6) is 0.717. The van der Waals surface area contributed by atoms with Crippen molar-refractivity contribution >= 4 is 22.7 Å². The second kappa shape index (κ2) is 9.17. The van der Waals surface area contributed by atoms with Crippen molar-refractivity contribution in [3.63, 3.8) is 0 Å². The molecule has 0 spiro atoms. The third-order valence-corrected chi connectivity index (χ3v) is 7.42. The first-order chi connectivity index (χ1) is 17.2. The van der Waals surface area contributed by atoms with Gasteiger partial charge in [-0.1, -0.05) is 26.0 Å². The van der Waals surface area contributed by atoms with Gasteiger partial charge in [0.25, 0.3) is 0 Å². The number of hydrogen-bond donors (Lipinski definition) is 3. The molecule has 0 unspecified atom stereocenters. The molecule has 190 valence electrons. The molecule has 2 aromatic carbocycles. The molecule has 3 N–H and O–H groups in total. The fourth-order valence-corrected chi connectivity index (χ4v) is 5.74. The topological polar surface area (TPSA) is 97.9 Å². The summed E-state index contributed by atoms with van der Waals surface area (Å²) in [7, 11) is 1.63. The van der Waals surface area contributed by atoms with Crippen LogP contribution >= 0.6 is 0 Å². The summed E-state index contributed by atoms with van der Waals surface area (Å²) in [5.41, 5.74) is 2.50. The maximum absolute atomic E-state index is 14.0. The first kappa shape index (κ1) is 24.2. The molecular formula is C28H34N4O4. The van der Waals surface area contributed by atoms with Crippen LogP contribution in [0.25, 0.3) is 10.9 Å². The van der Waals surface area contributed by atoms with Gasteiger partial charge in [0, 0.05) is 35.6 Å². The van der Waals surface area contributed by atoms with Crippen molar-refractivity contribution in [3.8, 4) is 11.5 Å². The van der Waals surface area contributed by atoms with E-state index in [9.17, 15) is 14.7 Å². The minimum absolute atomic E-state index is 0.0419. The number of aromatic nitrogens is 1. The minimum Gasteiger partial charge on any atom is -0.508 e. The Hall–Kier alpha value is -3.52. The zero-order valence-electron chi connectivity index (χ0n) is 21.3. The quantitative estimate of drug-likeness (QED) is 0.442. The number of benzene rings is 2. The van der Waals surface area contributed by atoms with Crippen molar-refractivity contribution in [3.05, 3.63) is 59.3 Å². The highest BCUT2D eigenvalue weighted by Gasteiger charge is 2.55. The summed E-state index contributed by atoms with van der Waals surface area (Å²) >= 11 is 0. The molecule has 0 aliphatic carbocycles. The van der Waals surface area contributed by atoms with E-state index in [1.165, 1.54) is 0 Å². The molecule has 1 saturated heterocycles. The Balaban J connectivity index is 1.60. The third-order valence-electron chi connectivity index (χ3n) is 7.42. The second-order valence-corrected chi connectivity index (χ2v) is 10.3. The highest BCUT2D eigenvalue weighted by molar-refractivity contribution is 6.00. The maximum atomic E-state index is 14.0. The number of hydrogen-bond acceptors (Lipinski definition) is 5. The largest absolute Gasteiger partial charge is 0.508 e. The number of fused-ring (bicyclic) bond motifs is 4. The number of H-pyrrole nitrogens is 1. The Labute approximate surface area is 211 Å². The molecule has 1 aromatic heterocycles. The Kier molecular flexibility index (Phi) is 6.16. The van der Waals surface area contributed by atoms with E-state index in [1.807, 2.05) is 31.2 Å². The average molecular weight is 491 g/mol. The van der Waals surface area contributed by atoms with Gasteiger partial charge in [0.05, 0.1) is 19.7 Å². The van der Waals surface area contributed by atoms with Crippen molar-refractivity contribution in [2.45, 2.75) is 51.2 Å². The maximum Gasteiger partial charge on any atom is 0.249 e. The SMILES string of the molecule is COc1ccc2[nH]c3c(c2c1)C[C@@]1(C)C(=O)N(CCCNC(C)C)CC(=O)N1[C@@H]3c1cccc(O)c1. The molecule has 1 fully saturated rings. The van der Waals surface area contributed by atoms with Crippen molar-refractivity contribution in [1.29, 1.82) is 0 Å². The van der Waals surface area contributed by atoms with Gasteiger partial charge in [0.15, 0.2) is 0 Å². The van der Waals surface area contributed by atoms with Gasteiger partial charge in [-0.3, -0.25) is 9.59 Å². The number of phenols is 1. The normalized spacial score (nSPS) is 21.8. The summed E-state index contributed by atoms with van der Waals surface area (Å²) in [6, 6.07) is 12.6. The van der Waals surface area contributed by atoms with Gasteiger partial charge in [0.2, 0.25) is 11.8 Å². The number of aromatic hydroxyl groups is 1. The first-order valence-corrected chi connectivity index (χ1v) is 12.6. The van der Waals surface area contributed by atoms with Gasteiger partial charge in [0.1, 0.15) is 17.0 Å². The minimum atomic E-state index is -1.05. The number of carbonyl (C=O) groups excluding carboxylic acids is 2. The number of amides is 2. The predicted octanol–water partition coefficient (Wildman–Crippen LogP) is 3.35. The van der Waals surface area contributed by atoms with Crippen LogP contribution in [0.5, 0.6) is 11.5 Å². The average Bonchev–Trinajstić information content (AvgIpc) is 3.20. The molecule has 2 atom stereocenters. The Morgan fingerprint density at radius 1 is 1.22 bits per heavy atom. The highest BCUT2D eigenvalue weighted by atomic mass is 16.5. The summed E-state index contributed by atoms with van der Waals surface area (Å²) in [4.78, 5) is 34.7. The lowest BCUT2D eigenvalue weighted by atomic mass is 9.78. The predicted molar refractivity (Wildman–Crippen MR) is 138 cm³/mol. The highest BCUT2D eigenvalue weighted by Crippen LogP contribution is 2.47. The monoisotopic (exact) mass is 490 g/mol. The van der Waals surface area contributed by atoms with Gasteiger partial charge in [-0.05, 0) is 61.3 Å². The standard InChI is InChI=1S/C28H34N4O4/c1-17(2)29-11-6-12-31-16-24(34)32-26(18-7-5-8-19(33)13-18)25-22(15-28(32,3)27(31)35)21-14-20(36-4)9-10-23(21)30-25/h5,7-10,13-14,17,26,29-30,33H,6,11-12,15-16H2,1-4H3/t26-,28+/m1/s1. The molecule has 0 bridgehead atoms. The van der Waals surface area contributed by atoms with Crippen LogP contribution in [0.3, 0.4) is 0 Å². The van der Waals surface area contributed by atoms with Crippen LogP contribution in [0.15, 0.2) is 42.5 Å². The van der Waals surface area contributed by atoms with E-state index in [4.69, 9.17) is 4.74 Å². The van der Waals surface area contributed by atoms with Crippen molar-refractivity contribution < 1.29 is 19.4 Å². The van der Waals surface area contributed by atoms with Gasteiger partial charge in [-0.25, -0.2) is 0 Å². The molecule has 2 aliphatic heterocycles. The molecule has 8 heteroatoms. The number of piperazine rings is 1. The van der Waals surface area contributed by atoms with Gasteiger partial charge >= 0.3 is 0 Å². The fourth-order valence-electron chi connectivity index (χ4n) is 5.74. The molecule has 0 radical (unpaired) electrons. The van der Waals surface area contributed by atoms with Crippen LogP contribution in [-0.2, 0) is 16.0 Å². The van der Waals surface area contributed by atoms with Gasteiger partial charge in [-0.2, -0.15) is 0 Å². The van der Waals surface area contributed by atoms with Gasteiger partial charge < -0.3 is 29.9 Å². The summed E-state index contributed by atoms with van der Waals surface area (Å²) in [5, 5.41) is 14.6. The number of methoxy groups -OCH3 is 1. The van der Waals surface area contributed by atoms with Crippen LogP contribution in [0.2, 0.25) is 0 Å². The van der Waals surface area contributed by atoms with E-state index < -0.39 is 11.6 Å². The van der Waals surface area contributed by atoms with Crippen LogP contribution < -0.4 is 10.1 Å². The van der Waals surface area contributed by atoms with Crippen molar-refractivity contribution in [2.75, 3.05) is 26.7 Å². The number of rotatable bonds is 7. The van der Waals surface area contributed by atoms with E-state index in [1.54, 1.807) is 35.1 Å². The zero-order valence-corrected chi connectivity index (χ0v) is 21.3. The number of nitrogens with zero attached hydrogens (tertiary/aromatic N) is 2. The molecule has 3 aromatic rings. The molecule has 8 nitrogen and oxygen atoms in total.